The summed E-state index contributed by atoms with van der Waals surface area (Å²) >= 11 is 0. The van der Waals surface area contributed by atoms with Crippen LogP contribution < -0.4 is 11.5 Å². The van der Waals surface area contributed by atoms with Crippen LogP contribution in [0.4, 0.5) is 0 Å². The highest BCUT2D eigenvalue weighted by atomic mass is 15.1. The van der Waals surface area contributed by atoms with Gasteiger partial charge >= 0.3 is 0 Å². The predicted octanol–water partition coefficient (Wildman–Crippen LogP) is 0.770. The van der Waals surface area contributed by atoms with Crippen molar-refractivity contribution in [1.82, 2.24) is 4.90 Å². The van der Waals surface area contributed by atoms with Crippen molar-refractivity contribution in [3.63, 3.8) is 0 Å². The van der Waals surface area contributed by atoms with Gasteiger partial charge in [-0.1, -0.05) is 13.8 Å². The Balaban J connectivity index is 3.57. The van der Waals surface area contributed by atoms with E-state index in [0.717, 1.165) is 32.5 Å². The van der Waals surface area contributed by atoms with Crippen molar-refractivity contribution in [1.29, 1.82) is 0 Å². The van der Waals surface area contributed by atoms with Crippen molar-refractivity contribution in [3.05, 3.63) is 0 Å². The fourth-order valence-corrected chi connectivity index (χ4v) is 1.47. The molecule has 0 radical (unpaired) electrons. The lowest BCUT2D eigenvalue weighted by atomic mass is 10.2. The molecule has 14 heavy (non-hydrogen) atoms. The van der Waals surface area contributed by atoms with Crippen molar-refractivity contribution < 1.29 is 0 Å². The van der Waals surface area contributed by atoms with Gasteiger partial charge in [-0.15, -0.1) is 0 Å². The third-order valence-electron chi connectivity index (χ3n) is 2.36. The van der Waals surface area contributed by atoms with Gasteiger partial charge < -0.3 is 16.4 Å². The minimum Gasteiger partial charge on any atom is -0.370 e. The monoisotopic (exact) mass is 200 g/mol. The van der Waals surface area contributed by atoms with Crippen LogP contribution >= 0.6 is 0 Å². The molecule has 4 N–H and O–H groups in total. The first-order valence-electron chi connectivity index (χ1n) is 5.41. The third kappa shape index (κ3) is 6.71. The Hall–Kier alpha value is -0.770. The predicted molar refractivity (Wildman–Crippen MR) is 62.3 cm³/mol. The van der Waals surface area contributed by atoms with Crippen molar-refractivity contribution in [2.45, 2.75) is 39.7 Å². The fraction of sp³-hybridized carbons (Fsp3) is 0.900. The largest absolute Gasteiger partial charge is 0.370 e. The summed E-state index contributed by atoms with van der Waals surface area (Å²) in [6.45, 7) is 9.78. The molecule has 0 bridgehead atoms. The zero-order valence-corrected chi connectivity index (χ0v) is 9.66. The molecule has 0 saturated carbocycles. The molecular weight excluding hydrogens is 176 g/mol. The third-order valence-corrected chi connectivity index (χ3v) is 2.36. The lowest BCUT2D eigenvalue weighted by Crippen LogP contribution is -2.26. The first kappa shape index (κ1) is 13.2. The normalized spacial score (nSPS) is 12.9. The van der Waals surface area contributed by atoms with Gasteiger partial charge in [0.15, 0.2) is 5.96 Å². The summed E-state index contributed by atoms with van der Waals surface area (Å²) in [6, 6.07) is 0.246. The second kappa shape index (κ2) is 7.62. The molecule has 1 unspecified atom stereocenters. The zero-order valence-electron chi connectivity index (χ0n) is 9.66. The molecule has 0 aliphatic heterocycles. The maximum Gasteiger partial charge on any atom is 0.186 e. The van der Waals surface area contributed by atoms with Gasteiger partial charge in [-0.2, -0.15) is 0 Å². The molecule has 0 amide bonds. The van der Waals surface area contributed by atoms with Gasteiger partial charge in [0, 0.05) is 0 Å². The minimum absolute atomic E-state index is 0.195. The number of hydrogen-bond donors (Lipinski definition) is 2. The second-order valence-electron chi connectivity index (χ2n) is 3.57. The smallest absolute Gasteiger partial charge is 0.186 e. The van der Waals surface area contributed by atoms with E-state index in [0.29, 0.717) is 0 Å². The average molecular weight is 200 g/mol. The zero-order chi connectivity index (χ0) is 11.0. The number of guanidine groups is 1. The highest BCUT2D eigenvalue weighted by molar-refractivity contribution is 5.75. The number of aliphatic imine (C=N–C) groups is 1. The molecule has 0 aliphatic rings. The van der Waals surface area contributed by atoms with Crippen LogP contribution in [0.1, 0.15) is 33.6 Å². The van der Waals surface area contributed by atoms with Crippen LogP contribution in [-0.4, -0.2) is 36.5 Å². The molecule has 0 aromatic heterocycles. The van der Waals surface area contributed by atoms with Gasteiger partial charge in [-0.25, -0.2) is 0 Å². The van der Waals surface area contributed by atoms with Crippen molar-refractivity contribution in [2.75, 3.05) is 19.6 Å². The van der Waals surface area contributed by atoms with E-state index in [-0.39, 0.29) is 12.0 Å². The van der Waals surface area contributed by atoms with Gasteiger partial charge in [-0.05, 0) is 39.4 Å². The molecule has 1 atom stereocenters. The molecule has 4 nitrogen and oxygen atoms in total. The number of nitrogens with zero attached hydrogens (tertiary/aromatic N) is 2. The van der Waals surface area contributed by atoms with E-state index in [9.17, 15) is 0 Å². The highest BCUT2D eigenvalue weighted by Gasteiger charge is 2.02. The van der Waals surface area contributed by atoms with Crippen LogP contribution in [0.15, 0.2) is 4.99 Å². The summed E-state index contributed by atoms with van der Waals surface area (Å²) in [5.74, 6) is 0.195. The van der Waals surface area contributed by atoms with E-state index in [1.165, 1.54) is 0 Å². The highest BCUT2D eigenvalue weighted by Crippen LogP contribution is 2.02. The van der Waals surface area contributed by atoms with E-state index in [1.807, 2.05) is 6.92 Å². The van der Waals surface area contributed by atoms with Crippen molar-refractivity contribution >= 4 is 5.96 Å². The van der Waals surface area contributed by atoms with Gasteiger partial charge in [0.25, 0.3) is 0 Å². The molecule has 0 saturated heterocycles. The van der Waals surface area contributed by atoms with Gasteiger partial charge in [0.1, 0.15) is 0 Å². The summed E-state index contributed by atoms with van der Waals surface area (Å²) < 4.78 is 0. The molecule has 0 aromatic carbocycles. The van der Waals surface area contributed by atoms with E-state index in [1.54, 1.807) is 0 Å². The first-order valence-corrected chi connectivity index (χ1v) is 5.41. The van der Waals surface area contributed by atoms with Gasteiger partial charge in [0.2, 0.25) is 0 Å². The van der Waals surface area contributed by atoms with Gasteiger partial charge in [-0.3, -0.25) is 4.99 Å². The molecule has 0 fully saturated rings. The molecule has 0 aliphatic carbocycles. The van der Waals surface area contributed by atoms with Crippen LogP contribution in [-0.2, 0) is 0 Å². The molecular formula is C10H24N4. The lowest BCUT2D eigenvalue weighted by Gasteiger charge is -2.18. The van der Waals surface area contributed by atoms with Crippen molar-refractivity contribution in [3.8, 4) is 0 Å². The van der Waals surface area contributed by atoms with Crippen LogP contribution in [0, 0.1) is 0 Å². The van der Waals surface area contributed by atoms with E-state index >= 15 is 0 Å². The molecule has 4 heteroatoms. The molecule has 0 spiro atoms. The Bertz CT molecular complexity index is 160. The Morgan fingerprint density at radius 3 is 2.29 bits per heavy atom. The number of nitrogens with two attached hydrogens (primary N) is 2. The van der Waals surface area contributed by atoms with Gasteiger partial charge in [0.05, 0.1) is 6.04 Å². The Kier molecular flexibility index (Phi) is 7.20. The van der Waals surface area contributed by atoms with E-state index in [4.69, 9.17) is 11.5 Å². The van der Waals surface area contributed by atoms with Crippen LogP contribution in [0.2, 0.25) is 0 Å². The van der Waals surface area contributed by atoms with E-state index < -0.39 is 0 Å². The summed E-state index contributed by atoms with van der Waals surface area (Å²) in [4.78, 5) is 6.48. The molecule has 84 valence electrons. The number of hydrogen-bond acceptors (Lipinski definition) is 2. The van der Waals surface area contributed by atoms with Crippen molar-refractivity contribution in [2.24, 2.45) is 16.5 Å². The minimum atomic E-state index is 0.195. The summed E-state index contributed by atoms with van der Waals surface area (Å²) in [5, 5.41) is 0. The number of rotatable bonds is 7. The summed E-state index contributed by atoms with van der Waals surface area (Å²) in [7, 11) is 0. The topological polar surface area (TPSA) is 67.6 Å². The molecule has 0 rings (SSSR count). The summed E-state index contributed by atoms with van der Waals surface area (Å²) in [5.41, 5.74) is 10.6. The average Bonchev–Trinajstić information content (AvgIpc) is 2.11. The maximum absolute atomic E-state index is 5.29. The van der Waals surface area contributed by atoms with Crippen LogP contribution in [0.3, 0.4) is 0 Å². The van der Waals surface area contributed by atoms with Crippen LogP contribution in [0.25, 0.3) is 0 Å². The lowest BCUT2D eigenvalue weighted by molar-refractivity contribution is 0.294. The molecule has 0 heterocycles. The summed E-state index contributed by atoms with van der Waals surface area (Å²) in [6.07, 6.45) is 2.20. The van der Waals surface area contributed by atoms with Crippen LogP contribution in [0.5, 0.6) is 0 Å². The Morgan fingerprint density at radius 1 is 1.29 bits per heavy atom. The second-order valence-corrected chi connectivity index (χ2v) is 3.57. The fourth-order valence-electron chi connectivity index (χ4n) is 1.47. The first-order chi connectivity index (χ1) is 6.60. The maximum atomic E-state index is 5.29. The molecule has 0 aromatic rings. The Morgan fingerprint density at radius 2 is 1.86 bits per heavy atom. The SMILES string of the molecule is CCN(CC)CCCC(C)N=C(N)N. The quantitative estimate of drug-likeness (QED) is 0.471. The van der Waals surface area contributed by atoms with E-state index in [2.05, 4.69) is 23.7 Å². The Labute approximate surface area is 87.4 Å². The standard InChI is InChI=1S/C10H24N4/c1-4-14(5-2)8-6-7-9(3)13-10(11)12/h9H,4-8H2,1-3H3,(H4,11,12,13).